The van der Waals surface area contributed by atoms with Gasteiger partial charge >= 0.3 is 0 Å². The summed E-state index contributed by atoms with van der Waals surface area (Å²) < 4.78 is 21.9. The molecule has 1 heterocycles. The van der Waals surface area contributed by atoms with Gasteiger partial charge in [0.15, 0.2) is 0 Å². The summed E-state index contributed by atoms with van der Waals surface area (Å²) in [4.78, 5) is 13.4. The maximum atomic E-state index is 11.6. The molecule has 0 radical (unpaired) electrons. The van der Waals surface area contributed by atoms with Gasteiger partial charge in [0.25, 0.3) is 0 Å². The molecule has 0 bridgehead atoms. The molecular formula is C11H22N2O3S. The Labute approximate surface area is 103 Å². The summed E-state index contributed by atoms with van der Waals surface area (Å²) in [5, 5.41) is 4.99. The summed E-state index contributed by atoms with van der Waals surface area (Å²) >= 11 is 0. The fourth-order valence-corrected chi connectivity index (χ4v) is 3.12. The molecule has 1 fully saturated rings. The number of primary sulfonamides is 1. The zero-order valence-electron chi connectivity index (χ0n) is 10.4. The number of carbonyl (C=O) groups is 1. The molecule has 1 unspecified atom stereocenters. The maximum absolute atomic E-state index is 11.6. The van der Waals surface area contributed by atoms with Crippen molar-refractivity contribution in [2.75, 3.05) is 18.8 Å². The summed E-state index contributed by atoms with van der Waals surface area (Å²) in [5.41, 5.74) is 0. The van der Waals surface area contributed by atoms with E-state index in [0.29, 0.717) is 13.0 Å². The highest BCUT2D eigenvalue weighted by Crippen LogP contribution is 2.19. The Morgan fingerprint density at radius 1 is 1.35 bits per heavy atom. The maximum Gasteiger partial charge on any atom is 0.222 e. The molecule has 0 aliphatic carbocycles. The van der Waals surface area contributed by atoms with Gasteiger partial charge in [-0.2, -0.15) is 0 Å². The molecule has 2 N–H and O–H groups in total. The minimum Gasteiger partial charge on any atom is -0.342 e. The summed E-state index contributed by atoms with van der Waals surface area (Å²) in [7, 11) is -3.46. The molecule has 1 aliphatic rings. The topological polar surface area (TPSA) is 80.5 Å². The van der Waals surface area contributed by atoms with Crippen LogP contribution in [0.1, 0.15) is 39.0 Å². The van der Waals surface area contributed by atoms with E-state index in [1.807, 2.05) is 0 Å². The van der Waals surface area contributed by atoms with Crippen LogP contribution in [0.5, 0.6) is 0 Å². The van der Waals surface area contributed by atoms with E-state index in [0.717, 1.165) is 19.4 Å². The van der Waals surface area contributed by atoms with Crippen LogP contribution in [0.2, 0.25) is 0 Å². The predicted octanol–water partition coefficient (Wildman–Crippen LogP) is 0.704. The van der Waals surface area contributed by atoms with E-state index in [2.05, 4.69) is 6.92 Å². The van der Waals surface area contributed by atoms with E-state index in [4.69, 9.17) is 5.14 Å². The van der Waals surface area contributed by atoms with Crippen LogP contribution in [-0.4, -0.2) is 38.1 Å². The quantitative estimate of drug-likeness (QED) is 0.686. The fourth-order valence-electron chi connectivity index (χ4n) is 2.24. The van der Waals surface area contributed by atoms with Crippen molar-refractivity contribution < 1.29 is 13.2 Å². The van der Waals surface area contributed by atoms with Gasteiger partial charge in [-0.1, -0.05) is 26.2 Å². The molecule has 0 spiro atoms. The van der Waals surface area contributed by atoms with Crippen molar-refractivity contribution >= 4 is 15.9 Å². The van der Waals surface area contributed by atoms with E-state index in [-0.39, 0.29) is 17.6 Å². The van der Waals surface area contributed by atoms with Gasteiger partial charge in [0, 0.05) is 25.4 Å². The van der Waals surface area contributed by atoms with Gasteiger partial charge in [0.2, 0.25) is 15.9 Å². The van der Waals surface area contributed by atoms with Gasteiger partial charge in [-0.15, -0.1) is 0 Å². The molecular weight excluding hydrogens is 240 g/mol. The SMILES string of the molecule is CCCCCCN1CC(CS(N)(=O)=O)CC1=O. The molecule has 5 nitrogen and oxygen atoms in total. The summed E-state index contributed by atoms with van der Waals surface area (Å²) in [5.74, 6) is -0.136. The third-order valence-corrected chi connectivity index (χ3v) is 3.98. The van der Waals surface area contributed by atoms with E-state index >= 15 is 0 Å². The Balaban J connectivity index is 2.32. The molecule has 1 atom stereocenters. The number of amides is 1. The van der Waals surface area contributed by atoms with Crippen LogP contribution >= 0.6 is 0 Å². The number of sulfonamides is 1. The molecule has 0 aromatic heterocycles. The lowest BCUT2D eigenvalue weighted by Gasteiger charge is -2.16. The lowest BCUT2D eigenvalue weighted by Crippen LogP contribution is -2.28. The Bertz CT molecular complexity index is 354. The van der Waals surface area contributed by atoms with Crippen molar-refractivity contribution in [2.45, 2.75) is 39.0 Å². The standard InChI is InChI=1S/C11H22N2O3S/c1-2-3-4-5-6-13-8-10(7-11(13)14)9-17(12,15)16/h10H,2-9H2,1H3,(H2,12,15,16). The highest BCUT2D eigenvalue weighted by Gasteiger charge is 2.31. The molecule has 1 saturated heterocycles. The number of likely N-dealkylation sites (tertiary alicyclic amines) is 1. The largest absolute Gasteiger partial charge is 0.342 e. The van der Waals surface area contributed by atoms with E-state index in [1.54, 1.807) is 4.90 Å². The first-order chi connectivity index (χ1) is 7.92. The second kappa shape index (κ2) is 6.35. The van der Waals surface area contributed by atoms with Crippen LogP contribution in [0.25, 0.3) is 0 Å². The van der Waals surface area contributed by atoms with E-state index < -0.39 is 10.0 Å². The highest BCUT2D eigenvalue weighted by molar-refractivity contribution is 7.89. The summed E-state index contributed by atoms with van der Waals surface area (Å²) in [6, 6.07) is 0. The molecule has 1 amide bonds. The molecule has 0 saturated carbocycles. The van der Waals surface area contributed by atoms with E-state index in [9.17, 15) is 13.2 Å². The summed E-state index contributed by atoms with van der Waals surface area (Å²) in [6.07, 6.45) is 4.80. The number of nitrogens with zero attached hydrogens (tertiary/aromatic N) is 1. The highest BCUT2D eigenvalue weighted by atomic mass is 32.2. The Morgan fingerprint density at radius 2 is 2.06 bits per heavy atom. The molecule has 6 heteroatoms. The molecule has 1 aliphatic heterocycles. The third-order valence-electron chi connectivity index (χ3n) is 3.04. The zero-order chi connectivity index (χ0) is 12.9. The lowest BCUT2D eigenvalue weighted by atomic mass is 10.1. The second-order valence-electron chi connectivity index (χ2n) is 4.80. The zero-order valence-corrected chi connectivity index (χ0v) is 11.2. The molecule has 1 rings (SSSR count). The monoisotopic (exact) mass is 262 g/mol. The Kier molecular flexibility index (Phi) is 5.39. The minimum absolute atomic E-state index is 0.0650. The molecule has 0 aromatic rings. The third kappa shape index (κ3) is 5.50. The number of hydrogen-bond acceptors (Lipinski definition) is 3. The number of hydrogen-bond donors (Lipinski definition) is 1. The number of unbranched alkanes of at least 4 members (excludes halogenated alkanes) is 3. The first-order valence-corrected chi connectivity index (χ1v) is 7.92. The fraction of sp³-hybridized carbons (Fsp3) is 0.909. The smallest absolute Gasteiger partial charge is 0.222 e. The van der Waals surface area contributed by atoms with Crippen LogP contribution in [0, 0.1) is 5.92 Å². The van der Waals surface area contributed by atoms with Crippen LogP contribution in [0.15, 0.2) is 0 Å². The van der Waals surface area contributed by atoms with Gasteiger partial charge in [-0.3, -0.25) is 4.79 Å². The Hall–Kier alpha value is -0.620. The molecule has 0 aromatic carbocycles. The van der Waals surface area contributed by atoms with Crippen molar-refractivity contribution in [1.29, 1.82) is 0 Å². The molecule has 100 valence electrons. The number of carbonyl (C=O) groups excluding carboxylic acids is 1. The summed E-state index contributed by atoms with van der Waals surface area (Å²) in [6.45, 7) is 3.44. The number of rotatable bonds is 7. The van der Waals surface area contributed by atoms with Crippen molar-refractivity contribution in [3.8, 4) is 0 Å². The average Bonchev–Trinajstić information content (AvgIpc) is 2.51. The Morgan fingerprint density at radius 3 is 2.65 bits per heavy atom. The van der Waals surface area contributed by atoms with Crippen LogP contribution in [-0.2, 0) is 14.8 Å². The van der Waals surface area contributed by atoms with Gasteiger partial charge in [-0.05, 0) is 6.42 Å². The second-order valence-corrected chi connectivity index (χ2v) is 6.46. The van der Waals surface area contributed by atoms with Crippen molar-refractivity contribution in [3.63, 3.8) is 0 Å². The predicted molar refractivity (Wildman–Crippen MR) is 66.8 cm³/mol. The van der Waals surface area contributed by atoms with Gasteiger partial charge in [-0.25, -0.2) is 13.6 Å². The average molecular weight is 262 g/mol. The minimum atomic E-state index is -3.46. The molecule has 17 heavy (non-hydrogen) atoms. The lowest BCUT2D eigenvalue weighted by molar-refractivity contribution is -0.127. The van der Waals surface area contributed by atoms with Gasteiger partial charge < -0.3 is 4.90 Å². The normalized spacial score (nSPS) is 21.2. The van der Waals surface area contributed by atoms with E-state index in [1.165, 1.54) is 12.8 Å². The van der Waals surface area contributed by atoms with Gasteiger partial charge in [0.1, 0.15) is 0 Å². The van der Waals surface area contributed by atoms with Crippen molar-refractivity contribution in [2.24, 2.45) is 11.1 Å². The first kappa shape index (κ1) is 14.4. The van der Waals surface area contributed by atoms with Gasteiger partial charge in [0.05, 0.1) is 5.75 Å². The van der Waals surface area contributed by atoms with Crippen molar-refractivity contribution in [1.82, 2.24) is 4.90 Å². The van der Waals surface area contributed by atoms with Crippen LogP contribution in [0.4, 0.5) is 0 Å². The van der Waals surface area contributed by atoms with Crippen LogP contribution < -0.4 is 5.14 Å². The van der Waals surface area contributed by atoms with Crippen molar-refractivity contribution in [3.05, 3.63) is 0 Å². The first-order valence-electron chi connectivity index (χ1n) is 6.20. The number of nitrogens with two attached hydrogens (primary N) is 1. The van der Waals surface area contributed by atoms with Crippen LogP contribution in [0.3, 0.4) is 0 Å².